The van der Waals surface area contributed by atoms with E-state index in [-0.39, 0.29) is 17.7 Å². The minimum absolute atomic E-state index is 0.121. The van der Waals surface area contributed by atoms with Crippen LogP contribution in [0.3, 0.4) is 0 Å². The van der Waals surface area contributed by atoms with Gasteiger partial charge in [0, 0.05) is 41.8 Å². The number of aliphatic hydroxyl groups is 1. The molecule has 0 unspecified atom stereocenters. The minimum atomic E-state index is -4.84. The van der Waals surface area contributed by atoms with E-state index in [0.29, 0.717) is 0 Å². The Morgan fingerprint density at radius 2 is 1.46 bits per heavy atom. The van der Waals surface area contributed by atoms with Crippen LogP contribution in [0.2, 0.25) is 0 Å². The van der Waals surface area contributed by atoms with Crippen LogP contribution in [0.15, 0.2) is 67.3 Å². The predicted molar refractivity (Wildman–Crippen MR) is 127 cm³/mol. The maximum atomic E-state index is 13.9. The Kier molecular flexibility index (Phi) is 7.76. The minimum Gasteiger partial charge on any atom is -0.395 e. The van der Waals surface area contributed by atoms with Gasteiger partial charge in [-0.2, -0.15) is 26.3 Å². The predicted octanol–water partition coefficient (Wildman–Crippen LogP) is 4.55. The van der Waals surface area contributed by atoms with Crippen molar-refractivity contribution in [1.82, 2.24) is 30.0 Å². The normalized spacial score (nSPS) is 12.4. The van der Waals surface area contributed by atoms with Crippen molar-refractivity contribution in [2.24, 2.45) is 0 Å². The number of alkyl halides is 6. The lowest BCUT2D eigenvalue weighted by molar-refractivity contribution is -0.137. The van der Waals surface area contributed by atoms with Gasteiger partial charge in [0.25, 0.3) is 5.91 Å². The zero-order valence-corrected chi connectivity index (χ0v) is 19.7. The van der Waals surface area contributed by atoms with Crippen molar-refractivity contribution in [3.8, 4) is 22.8 Å². The fourth-order valence-corrected chi connectivity index (χ4v) is 3.65. The van der Waals surface area contributed by atoms with Gasteiger partial charge < -0.3 is 10.4 Å². The van der Waals surface area contributed by atoms with E-state index in [1.54, 1.807) is 0 Å². The summed E-state index contributed by atoms with van der Waals surface area (Å²) < 4.78 is 83.6. The second-order valence-electron chi connectivity index (χ2n) is 7.94. The fraction of sp³-hybridized carbons (Fsp3) is 0.160. The van der Waals surface area contributed by atoms with Crippen LogP contribution in [0.4, 0.5) is 26.3 Å². The van der Waals surface area contributed by atoms with Gasteiger partial charge in [-0.05, 0) is 12.1 Å². The van der Waals surface area contributed by atoms with Crippen molar-refractivity contribution in [3.05, 3.63) is 83.9 Å². The van der Waals surface area contributed by atoms with Gasteiger partial charge in [-0.25, -0.2) is 19.6 Å². The number of amides is 1. The molecule has 0 aliphatic heterocycles. The van der Waals surface area contributed by atoms with Gasteiger partial charge in [0.2, 0.25) is 0 Å². The van der Waals surface area contributed by atoms with Crippen LogP contribution in [-0.2, 0) is 17.1 Å². The van der Waals surface area contributed by atoms with Crippen LogP contribution in [0.1, 0.15) is 16.7 Å². The van der Waals surface area contributed by atoms with Crippen LogP contribution in [0, 0.1) is 0 Å². The molecule has 0 aliphatic rings. The fourth-order valence-electron chi connectivity index (χ4n) is 3.65. The molecule has 2 aromatic heterocycles. The molecule has 0 fully saturated rings. The first-order valence-corrected chi connectivity index (χ1v) is 11.2. The van der Waals surface area contributed by atoms with E-state index in [2.05, 4.69) is 25.4 Å². The average molecular weight is 548 g/mol. The summed E-state index contributed by atoms with van der Waals surface area (Å²) in [7, 11) is 0. The molecule has 39 heavy (non-hydrogen) atoms. The molecule has 0 saturated carbocycles. The first kappa shape index (κ1) is 27.4. The summed E-state index contributed by atoms with van der Waals surface area (Å²) in [5, 5.41) is 15.6. The quantitative estimate of drug-likeness (QED) is 0.260. The van der Waals surface area contributed by atoms with Crippen LogP contribution >= 0.6 is 0 Å². The number of halogens is 6. The highest BCUT2D eigenvalue weighted by Gasteiger charge is 2.37. The van der Waals surface area contributed by atoms with Gasteiger partial charge >= 0.3 is 12.4 Å². The summed E-state index contributed by atoms with van der Waals surface area (Å²) in [6.07, 6.45) is -4.96. The number of aromatic nitrogens is 5. The monoisotopic (exact) mass is 548 g/mol. The largest absolute Gasteiger partial charge is 0.417 e. The lowest BCUT2D eigenvalue weighted by Crippen LogP contribution is -2.27. The average Bonchev–Trinajstić information content (AvgIpc) is 3.33. The third kappa shape index (κ3) is 6.12. The summed E-state index contributed by atoms with van der Waals surface area (Å²) >= 11 is 0. The van der Waals surface area contributed by atoms with Crippen LogP contribution < -0.4 is 5.32 Å². The second kappa shape index (κ2) is 11.0. The molecule has 14 heteroatoms. The molecular weight excluding hydrogens is 530 g/mol. The van der Waals surface area contributed by atoms with E-state index in [1.807, 2.05) is 0 Å². The molecule has 0 spiro atoms. The van der Waals surface area contributed by atoms with Crippen molar-refractivity contribution >= 4 is 17.7 Å². The SMILES string of the molecule is O=C(NCCO)/C(=C/n1nc(-c2ccccc2C(F)(F)F)nc1-c1ccccc1C(F)(F)F)c1cncnc1. The zero-order chi connectivity index (χ0) is 28.2. The molecule has 0 atom stereocenters. The second-order valence-corrected chi connectivity index (χ2v) is 7.94. The highest BCUT2D eigenvalue weighted by molar-refractivity contribution is 6.22. The van der Waals surface area contributed by atoms with E-state index in [4.69, 9.17) is 5.11 Å². The van der Waals surface area contributed by atoms with E-state index >= 15 is 0 Å². The lowest BCUT2D eigenvalue weighted by Gasteiger charge is -2.13. The Bertz CT molecular complexity index is 1500. The zero-order valence-electron chi connectivity index (χ0n) is 19.7. The summed E-state index contributed by atoms with van der Waals surface area (Å²) in [5.41, 5.74) is -3.25. The summed E-state index contributed by atoms with van der Waals surface area (Å²) in [6, 6.07) is 8.68. The molecular formula is C25H18F6N6O2. The lowest BCUT2D eigenvalue weighted by atomic mass is 10.1. The number of rotatable bonds is 7. The molecule has 0 saturated heterocycles. The molecule has 2 aromatic carbocycles. The Morgan fingerprint density at radius 1 is 0.897 bits per heavy atom. The van der Waals surface area contributed by atoms with Gasteiger partial charge in [-0.15, -0.1) is 5.10 Å². The first-order valence-electron chi connectivity index (χ1n) is 11.2. The number of nitrogens with zero attached hydrogens (tertiary/aromatic N) is 5. The molecule has 4 aromatic rings. The molecule has 0 radical (unpaired) electrons. The smallest absolute Gasteiger partial charge is 0.395 e. The van der Waals surface area contributed by atoms with E-state index in [0.717, 1.165) is 47.3 Å². The van der Waals surface area contributed by atoms with Gasteiger partial charge in [0.15, 0.2) is 11.6 Å². The standard InChI is InChI=1S/C25H18F6N6O2/c26-24(27,28)19-7-3-1-5-16(19)21-35-22(17-6-2-4-8-20(17)25(29,30)31)37(36-21)13-18(23(39)34-9-10-38)15-11-32-14-33-12-15/h1-8,11-14,38H,9-10H2,(H,34,39)/b18-13+. The number of benzene rings is 2. The topological polar surface area (TPSA) is 106 Å². The van der Waals surface area contributed by atoms with Crippen molar-refractivity contribution in [2.75, 3.05) is 13.2 Å². The van der Waals surface area contributed by atoms with Gasteiger partial charge in [0.05, 0.1) is 23.3 Å². The van der Waals surface area contributed by atoms with Gasteiger partial charge in [-0.3, -0.25) is 4.79 Å². The first-order chi connectivity index (χ1) is 18.5. The van der Waals surface area contributed by atoms with E-state index in [1.165, 1.54) is 30.9 Å². The highest BCUT2D eigenvalue weighted by Crippen LogP contribution is 2.39. The van der Waals surface area contributed by atoms with Gasteiger partial charge in [-0.1, -0.05) is 36.4 Å². The van der Waals surface area contributed by atoms with Crippen molar-refractivity contribution in [1.29, 1.82) is 0 Å². The number of aliphatic hydroxyl groups excluding tert-OH is 1. The third-order valence-corrected chi connectivity index (χ3v) is 5.34. The van der Waals surface area contributed by atoms with E-state index in [9.17, 15) is 31.1 Å². The Balaban J connectivity index is 2.01. The summed E-state index contributed by atoms with van der Waals surface area (Å²) in [6.45, 7) is -0.564. The summed E-state index contributed by atoms with van der Waals surface area (Å²) in [4.78, 5) is 24.6. The Morgan fingerprint density at radius 3 is 2.05 bits per heavy atom. The molecule has 4 rings (SSSR count). The van der Waals surface area contributed by atoms with E-state index < -0.39 is 58.8 Å². The van der Waals surface area contributed by atoms with Crippen molar-refractivity contribution < 1.29 is 36.2 Å². The van der Waals surface area contributed by atoms with Crippen LogP contribution in [0.5, 0.6) is 0 Å². The number of carbonyl (C=O) groups excluding carboxylic acids is 1. The molecule has 0 bridgehead atoms. The molecule has 1 amide bonds. The number of hydrogen-bond donors (Lipinski definition) is 2. The summed E-state index contributed by atoms with van der Waals surface area (Å²) in [5.74, 6) is -1.77. The molecule has 0 aliphatic carbocycles. The third-order valence-electron chi connectivity index (χ3n) is 5.34. The number of carbonyl (C=O) groups is 1. The Labute approximate surface area is 216 Å². The van der Waals surface area contributed by atoms with Crippen LogP contribution in [-0.4, -0.2) is 48.9 Å². The maximum absolute atomic E-state index is 13.9. The molecule has 202 valence electrons. The molecule has 2 heterocycles. The number of hydrogen-bond acceptors (Lipinski definition) is 6. The Hall–Kier alpha value is -4.59. The maximum Gasteiger partial charge on any atom is 0.417 e. The van der Waals surface area contributed by atoms with Gasteiger partial charge in [0.1, 0.15) is 6.33 Å². The molecule has 8 nitrogen and oxygen atoms in total. The molecule has 2 N–H and O–H groups in total. The van der Waals surface area contributed by atoms with Crippen molar-refractivity contribution in [2.45, 2.75) is 12.4 Å². The van der Waals surface area contributed by atoms with Crippen molar-refractivity contribution in [3.63, 3.8) is 0 Å². The highest BCUT2D eigenvalue weighted by atomic mass is 19.4. The number of nitrogens with one attached hydrogen (secondary N) is 1. The van der Waals surface area contributed by atoms with Crippen LogP contribution in [0.25, 0.3) is 34.5 Å².